The highest BCUT2D eigenvalue weighted by atomic mass is 16.5. The molecular formula is C20H17NO2. The third-order valence-electron chi connectivity index (χ3n) is 4.50. The fraction of sp³-hybridized carbons (Fsp3) is 0.150. The molecule has 0 spiro atoms. The lowest BCUT2D eigenvalue weighted by Gasteiger charge is -2.27. The van der Waals surface area contributed by atoms with Gasteiger partial charge in [-0.2, -0.15) is 0 Å². The number of anilines is 1. The molecule has 1 aliphatic rings. The maximum Gasteiger partial charge on any atom is 0.225 e. The van der Waals surface area contributed by atoms with Gasteiger partial charge in [-0.15, -0.1) is 0 Å². The molecule has 0 aliphatic carbocycles. The van der Waals surface area contributed by atoms with Crippen molar-refractivity contribution in [2.24, 2.45) is 0 Å². The summed E-state index contributed by atoms with van der Waals surface area (Å²) >= 11 is 0. The lowest BCUT2D eigenvalue weighted by atomic mass is 9.82. The van der Waals surface area contributed by atoms with Gasteiger partial charge in [0.25, 0.3) is 0 Å². The summed E-state index contributed by atoms with van der Waals surface area (Å²) in [6.45, 7) is 0. The van der Waals surface area contributed by atoms with Gasteiger partial charge < -0.3 is 10.1 Å². The van der Waals surface area contributed by atoms with Crippen LogP contribution in [0.2, 0.25) is 0 Å². The number of hydrogen-bond acceptors (Lipinski definition) is 2. The van der Waals surface area contributed by atoms with Crippen molar-refractivity contribution in [2.75, 3.05) is 12.4 Å². The third-order valence-corrected chi connectivity index (χ3v) is 4.50. The first-order valence-electron chi connectivity index (χ1n) is 7.72. The molecule has 3 aromatic carbocycles. The van der Waals surface area contributed by atoms with E-state index in [-0.39, 0.29) is 11.8 Å². The van der Waals surface area contributed by atoms with Gasteiger partial charge in [-0.3, -0.25) is 4.79 Å². The van der Waals surface area contributed by atoms with Crippen molar-refractivity contribution in [2.45, 2.75) is 12.3 Å². The Morgan fingerprint density at radius 1 is 1.00 bits per heavy atom. The molecule has 0 bridgehead atoms. The maximum absolute atomic E-state index is 12.1. The van der Waals surface area contributed by atoms with Crippen molar-refractivity contribution >= 4 is 22.4 Å². The largest absolute Gasteiger partial charge is 0.497 e. The molecule has 1 heterocycles. The molecule has 3 aromatic rings. The Morgan fingerprint density at radius 3 is 2.57 bits per heavy atom. The lowest BCUT2D eigenvalue weighted by Crippen LogP contribution is -2.23. The first-order chi connectivity index (χ1) is 11.3. The maximum atomic E-state index is 12.1. The lowest BCUT2D eigenvalue weighted by molar-refractivity contribution is -0.116. The van der Waals surface area contributed by atoms with Crippen LogP contribution in [0.5, 0.6) is 5.75 Å². The Hall–Kier alpha value is -2.81. The second-order valence-electron chi connectivity index (χ2n) is 5.83. The van der Waals surface area contributed by atoms with E-state index in [4.69, 9.17) is 4.74 Å². The van der Waals surface area contributed by atoms with E-state index >= 15 is 0 Å². The van der Waals surface area contributed by atoms with Crippen molar-refractivity contribution in [3.05, 3.63) is 71.8 Å². The molecule has 23 heavy (non-hydrogen) atoms. The summed E-state index contributed by atoms with van der Waals surface area (Å²) in [5.74, 6) is 0.955. The summed E-state index contributed by atoms with van der Waals surface area (Å²) < 4.78 is 5.24. The smallest absolute Gasteiger partial charge is 0.225 e. The van der Waals surface area contributed by atoms with Crippen LogP contribution in [0.1, 0.15) is 23.5 Å². The van der Waals surface area contributed by atoms with Crippen LogP contribution < -0.4 is 10.1 Å². The number of benzene rings is 3. The topological polar surface area (TPSA) is 38.3 Å². The van der Waals surface area contributed by atoms with Crippen LogP contribution in [0, 0.1) is 0 Å². The molecule has 114 valence electrons. The number of rotatable bonds is 2. The summed E-state index contributed by atoms with van der Waals surface area (Å²) in [7, 11) is 1.66. The molecule has 1 amide bonds. The molecule has 1 N–H and O–H groups in total. The fourth-order valence-corrected chi connectivity index (χ4v) is 3.39. The average molecular weight is 303 g/mol. The van der Waals surface area contributed by atoms with Gasteiger partial charge in [-0.1, -0.05) is 42.5 Å². The SMILES string of the molecule is COc1ccc(C2CC(=O)Nc3ccc4ccccc4c32)cc1. The second kappa shape index (κ2) is 5.43. The minimum Gasteiger partial charge on any atom is -0.497 e. The molecule has 0 saturated carbocycles. The number of ether oxygens (including phenoxy) is 1. The highest BCUT2D eigenvalue weighted by Gasteiger charge is 2.28. The third kappa shape index (κ3) is 2.34. The molecular weight excluding hydrogens is 286 g/mol. The van der Waals surface area contributed by atoms with E-state index in [2.05, 4.69) is 23.5 Å². The molecule has 0 saturated heterocycles. The van der Waals surface area contributed by atoms with Crippen molar-refractivity contribution < 1.29 is 9.53 Å². The molecule has 0 aromatic heterocycles. The molecule has 3 heteroatoms. The summed E-state index contributed by atoms with van der Waals surface area (Å²) in [5.41, 5.74) is 3.26. The summed E-state index contributed by atoms with van der Waals surface area (Å²) in [6, 6.07) is 20.4. The van der Waals surface area contributed by atoms with Crippen LogP contribution in [-0.4, -0.2) is 13.0 Å². The van der Waals surface area contributed by atoms with Gasteiger partial charge >= 0.3 is 0 Å². The molecule has 1 atom stereocenters. The predicted molar refractivity (Wildman–Crippen MR) is 92.0 cm³/mol. The minimum absolute atomic E-state index is 0.0635. The number of carbonyl (C=O) groups is 1. The Bertz CT molecular complexity index is 884. The number of nitrogens with one attached hydrogen (secondary N) is 1. The predicted octanol–water partition coefficient (Wildman–Crippen LogP) is 4.32. The number of amides is 1. The first kappa shape index (κ1) is 13.8. The number of hydrogen-bond donors (Lipinski definition) is 1. The monoisotopic (exact) mass is 303 g/mol. The zero-order chi connectivity index (χ0) is 15.8. The van der Waals surface area contributed by atoms with Crippen LogP contribution in [0.3, 0.4) is 0 Å². The molecule has 4 rings (SSSR count). The van der Waals surface area contributed by atoms with Crippen molar-refractivity contribution in [3.63, 3.8) is 0 Å². The van der Waals surface area contributed by atoms with Gasteiger partial charge in [0.2, 0.25) is 5.91 Å². The van der Waals surface area contributed by atoms with Gasteiger partial charge in [0.15, 0.2) is 0 Å². The zero-order valence-electron chi connectivity index (χ0n) is 12.9. The van der Waals surface area contributed by atoms with Gasteiger partial charge in [0.05, 0.1) is 7.11 Å². The average Bonchev–Trinajstić information content (AvgIpc) is 2.60. The quantitative estimate of drug-likeness (QED) is 0.765. The minimum atomic E-state index is 0.0635. The van der Waals surface area contributed by atoms with Crippen LogP contribution in [0.25, 0.3) is 10.8 Å². The van der Waals surface area contributed by atoms with Gasteiger partial charge in [0.1, 0.15) is 5.75 Å². The molecule has 1 aliphatic heterocycles. The highest BCUT2D eigenvalue weighted by Crippen LogP contribution is 2.41. The normalized spacial score (nSPS) is 16.7. The van der Waals surface area contributed by atoms with E-state index in [0.29, 0.717) is 6.42 Å². The van der Waals surface area contributed by atoms with Gasteiger partial charge in [-0.25, -0.2) is 0 Å². The van der Waals surface area contributed by atoms with Gasteiger partial charge in [0, 0.05) is 18.0 Å². The van der Waals surface area contributed by atoms with Crippen molar-refractivity contribution in [1.29, 1.82) is 0 Å². The molecule has 0 fully saturated rings. The summed E-state index contributed by atoms with van der Waals surface area (Å²) in [5, 5.41) is 5.41. The Kier molecular flexibility index (Phi) is 3.27. The van der Waals surface area contributed by atoms with E-state index in [1.165, 1.54) is 16.3 Å². The Morgan fingerprint density at radius 2 is 1.78 bits per heavy atom. The Balaban J connectivity index is 1.91. The van der Waals surface area contributed by atoms with Crippen LogP contribution in [0.15, 0.2) is 60.7 Å². The van der Waals surface area contributed by atoms with E-state index in [9.17, 15) is 4.79 Å². The second-order valence-corrected chi connectivity index (χ2v) is 5.83. The van der Waals surface area contributed by atoms with Crippen LogP contribution in [0.4, 0.5) is 5.69 Å². The fourth-order valence-electron chi connectivity index (χ4n) is 3.39. The number of methoxy groups -OCH3 is 1. The standard InChI is InChI=1S/C20H17NO2/c1-23-15-9-6-14(7-10-15)17-12-19(22)21-18-11-8-13-4-2-3-5-16(13)20(17)18/h2-11,17H,12H2,1H3,(H,21,22). The zero-order valence-corrected chi connectivity index (χ0v) is 12.9. The molecule has 0 radical (unpaired) electrons. The Labute approximate surface area is 134 Å². The van der Waals surface area contributed by atoms with Gasteiger partial charge in [-0.05, 0) is 40.1 Å². The van der Waals surface area contributed by atoms with Crippen molar-refractivity contribution in [1.82, 2.24) is 0 Å². The van der Waals surface area contributed by atoms with E-state index in [1.54, 1.807) is 7.11 Å². The number of carbonyl (C=O) groups excluding carboxylic acids is 1. The van der Waals surface area contributed by atoms with E-state index in [0.717, 1.165) is 17.0 Å². The first-order valence-corrected chi connectivity index (χ1v) is 7.72. The molecule has 3 nitrogen and oxygen atoms in total. The number of fused-ring (bicyclic) bond motifs is 3. The molecule has 1 unspecified atom stereocenters. The van der Waals surface area contributed by atoms with Crippen LogP contribution >= 0.6 is 0 Å². The summed E-state index contributed by atoms with van der Waals surface area (Å²) in [6.07, 6.45) is 0.466. The van der Waals surface area contributed by atoms with Crippen molar-refractivity contribution in [3.8, 4) is 5.75 Å². The summed E-state index contributed by atoms with van der Waals surface area (Å²) in [4.78, 5) is 12.1. The highest BCUT2D eigenvalue weighted by molar-refractivity contribution is 6.01. The van der Waals surface area contributed by atoms with Crippen LogP contribution in [-0.2, 0) is 4.79 Å². The van der Waals surface area contributed by atoms with E-state index in [1.807, 2.05) is 42.5 Å². The van der Waals surface area contributed by atoms with E-state index < -0.39 is 0 Å².